The van der Waals surface area contributed by atoms with Crippen molar-refractivity contribution in [2.75, 3.05) is 11.4 Å². The van der Waals surface area contributed by atoms with Gasteiger partial charge in [0, 0.05) is 18.0 Å². The molecule has 0 atom stereocenters. The zero-order valence-corrected chi connectivity index (χ0v) is 5.84. The highest BCUT2D eigenvalue weighted by Gasteiger charge is 2.05. The van der Waals surface area contributed by atoms with Crippen LogP contribution < -0.4 is 4.90 Å². The second-order valence-electron chi connectivity index (χ2n) is 2.19. The van der Waals surface area contributed by atoms with Gasteiger partial charge in [-0.1, -0.05) is 17.3 Å². The number of nitrogens with zero attached hydrogens (tertiary/aromatic N) is 3. The molecule has 1 aliphatic rings. The lowest BCUT2D eigenvalue weighted by Crippen LogP contribution is -2.17. The average molecular weight is 149 g/mol. The van der Waals surface area contributed by atoms with E-state index in [1.807, 2.05) is 29.3 Å². The molecule has 0 N–H and O–H groups in total. The van der Waals surface area contributed by atoms with Gasteiger partial charge in [0.05, 0.1) is 0 Å². The highest BCUT2D eigenvalue weighted by molar-refractivity contribution is 5.41. The third kappa shape index (κ3) is 1.14. The first-order valence-corrected chi connectivity index (χ1v) is 3.34. The van der Waals surface area contributed by atoms with Crippen LogP contribution >= 0.6 is 0 Å². The Morgan fingerprint density at radius 1 is 1.45 bits per heavy atom. The normalized spacial score (nSPS) is 15.8. The second kappa shape index (κ2) is 2.57. The van der Waals surface area contributed by atoms with E-state index in [0.29, 0.717) is 0 Å². The summed E-state index contributed by atoms with van der Waals surface area (Å²) in [4.78, 5) is 1.94. The molecule has 2 rings (SSSR count). The van der Waals surface area contributed by atoms with E-state index in [4.69, 9.17) is 0 Å². The van der Waals surface area contributed by atoms with Crippen molar-refractivity contribution >= 4 is 5.82 Å². The molecule has 0 aliphatic carbocycles. The fourth-order valence-electron chi connectivity index (χ4n) is 0.922. The molecule has 0 aromatic carbocycles. The van der Waals surface area contributed by atoms with Gasteiger partial charge in [-0.15, -0.1) is 0 Å². The average Bonchev–Trinajstić information content (AvgIpc) is 2.58. The summed E-state index contributed by atoms with van der Waals surface area (Å²) in [6.07, 6.45) is 9.42. The summed E-state index contributed by atoms with van der Waals surface area (Å²) in [7, 11) is 0. The Hall–Kier alpha value is -1.58. The Labute approximate surface area is 63.8 Å². The van der Waals surface area contributed by atoms with Gasteiger partial charge in [0.1, 0.15) is 0 Å². The van der Waals surface area contributed by atoms with Crippen LogP contribution in [0, 0.1) is 0 Å². The van der Waals surface area contributed by atoms with Crippen LogP contribution in [-0.4, -0.2) is 16.9 Å². The fraction of sp³-hybridized carbons (Fsp3) is 0.143. The summed E-state index contributed by atoms with van der Waals surface area (Å²) < 4.78 is 4.61. The second-order valence-corrected chi connectivity index (χ2v) is 2.19. The van der Waals surface area contributed by atoms with Gasteiger partial charge < -0.3 is 9.42 Å². The number of hydrogen-bond donors (Lipinski definition) is 0. The minimum atomic E-state index is 0.741. The molecule has 0 saturated heterocycles. The van der Waals surface area contributed by atoms with Crippen LogP contribution in [-0.2, 0) is 0 Å². The van der Waals surface area contributed by atoms with Crippen molar-refractivity contribution in [1.29, 1.82) is 0 Å². The van der Waals surface area contributed by atoms with Gasteiger partial charge in [0.15, 0.2) is 12.1 Å². The van der Waals surface area contributed by atoms with Crippen molar-refractivity contribution < 1.29 is 4.52 Å². The van der Waals surface area contributed by atoms with Crippen LogP contribution in [0.4, 0.5) is 5.82 Å². The topological polar surface area (TPSA) is 42.2 Å². The Bertz CT molecular complexity index is 276. The van der Waals surface area contributed by atoms with Crippen molar-refractivity contribution in [3.63, 3.8) is 0 Å². The van der Waals surface area contributed by atoms with Crippen molar-refractivity contribution in [1.82, 2.24) is 10.4 Å². The molecule has 0 amide bonds. The molecule has 0 bridgehead atoms. The molecule has 0 unspecified atom stereocenters. The van der Waals surface area contributed by atoms with Crippen LogP contribution in [0.25, 0.3) is 0 Å². The molecule has 0 radical (unpaired) electrons. The van der Waals surface area contributed by atoms with Gasteiger partial charge in [-0.05, 0) is 6.08 Å². The van der Waals surface area contributed by atoms with E-state index < -0.39 is 0 Å². The van der Waals surface area contributed by atoms with Crippen LogP contribution in [0.2, 0.25) is 0 Å². The third-order valence-electron chi connectivity index (χ3n) is 1.46. The summed E-state index contributed by atoms with van der Waals surface area (Å²) in [5.74, 6) is 0.741. The first-order valence-electron chi connectivity index (χ1n) is 3.34. The molecule has 0 fully saturated rings. The standard InChI is InChI=1S/C7H7N3O/c1-2-4-10(5-3-1)7-6-11-9-8-7/h1-4,6H,5H2. The number of hydrogen-bond acceptors (Lipinski definition) is 4. The Balaban J connectivity index is 2.19. The SMILES string of the molecule is C1=CCN(c2conn2)C=C1. The first-order chi connectivity index (χ1) is 5.47. The highest BCUT2D eigenvalue weighted by Crippen LogP contribution is 2.10. The minimum Gasteiger partial charge on any atom is -0.343 e. The molecular weight excluding hydrogens is 142 g/mol. The van der Waals surface area contributed by atoms with E-state index in [9.17, 15) is 0 Å². The molecule has 1 aliphatic heterocycles. The lowest BCUT2D eigenvalue weighted by Gasteiger charge is -2.15. The van der Waals surface area contributed by atoms with Crippen molar-refractivity contribution in [3.05, 3.63) is 30.7 Å². The number of rotatable bonds is 1. The van der Waals surface area contributed by atoms with Crippen LogP contribution in [0.5, 0.6) is 0 Å². The number of anilines is 1. The summed E-state index contributed by atoms with van der Waals surface area (Å²) in [5.41, 5.74) is 0. The lowest BCUT2D eigenvalue weighted by molar-refractivity contribution is 0.393. The summed E-state index contributed by atoms with van der Waals surface area (Å²) in [6, 6.07) is 0. The minimum absolute atomic E-state index is 0.741. The van der Waals surface area contributed by atoms with Crippen LogP contribution in [0.15, 0.2) is 35.2 Å². The molecular formula is C7H7N3O. The smallest absolute Gasteiger partial charge is 0.197 e. The van der Waals surface area contributed by atoms with Crippen molar-refractivity contribution in [2.45, 2.75) is 0 Å². The summed E-state index contributed by atoms with van der Waals surface area (Å²) in [6.45, 7) is 0.824. The van der Waals surface area contributed by atoms with E-state index in [2.05, 4.69) is 14.9 Å². The van der Waals surface area contributed by atoms with E-state index >= 15 is 0 Å². The predicted octanol–water partition coefficient (Wildman–Crippen LogP) is 0.960. The Morgan fingerprint density at radius 3 is 3.09 bits per heavy atom. The van der Waals surface area contributed by atoms with E-state index in [-0.39, 0.29) is 0 Å². The zero-order chi connectivity index (χ0) is 7.52. The molecule has 1 aromatic heterocycles. The number of aromatic nitrogens is 2. The van der Waals surface area contributed by atoms with Gasteiger partial charge in [-0.25, -0.2) is 0 Å². The monoisotopic (exact) mass is 149 g/mol. The molecule has 1 aromatic rings. The lowest BCUT2D eigenvalue weighted by atomic mass is 10.3. The number of allylic oxidation sites excluding steroid dienone is 2. The largest absolute Gasteiger partial charge is 0.343 e. The maximum atomic E-state index is 4.61. The molecule has 4 heteroatoms. The van der Waals surface area contributed by atoms with E-state index in [1.54, 1.807) is 0 Å². The van der Waals surface area contributed by atoms with Gasteiger partial charge in [-0.3, -0.25) is 0 Å². The molecule has 0 spiro atoms. The quantitative estimate of drug-likeness (QED) is 0.596. The third-order valence-corrected chi connectivity index (χ3v) is 1.46. The van der Waals surface area contributed by atoms with Crippen molar-refractivity contribution in [2.24, 2.45) is 0 Å². The van der Waals surface area contributed by atoms with Gasteiger partial charge in [0.25, 0.3) is 0 Å². The first kappa shape index (κ1) is 6.15. The van der Waals surface area contributed by atoms with Crippen molar-refractivity contribution in [3.8, 4) is 0 Å². The fourth-order valence-corrected chi connectivity index (χ4v) is 0.922. The predicted molar refractivity (Wildman–Crippen MR) is 39.9 cm³/mol. The Morgan fingerprint density at radius 2 is 2.45 bits per heavy atom. The summed E-state index contributed by atoms with van der Waals surface area (Å²) in [5, 5.41) is 7.14. The van der Waals surface area contributed by atoms with Crippen LogP contribution in [0.3, 0.4) is 0 Å². The molecule has 2 heterocycles. The zero-order valence-electron chi connectivity index (χ0n) is 5.84. The van der Waals surface area contributed by atoms with Gasteiger partial charge in [0.2, 0.25) is 0 Å². The van der Waals surface area contributed by atoms with E-state index in [0.717, 1.165) is 12.4 Å². The van der Waals surface area contributed by atoms with Gasteiger partial charge in [-0.2, -0.15) is 0 Å². The molecule has 4 nitrogen and oxygen atoms in total. The maximum absolute atomic E-state index is 4.61. The Kier molecular flexibility index (Phi) is 1.44. The van der Waals surface area contributed by atoms with E-state index in [1.165, 1.54) is 6.26 Å². The highest BCUT2D eigenvalue weighted by atomic mass is 16.5. The molecule has 56 valence electrons. The summed E-state index contributed by atoms with van der Waals surface area (Å²) >= 11 is 0. The molecule has 11 heavy (non-hydrogen) atoms. The van der Waals surface area contributed by atoms with Crippen LogP contribution in [0.1, 0.15) is 0 Å². The maximum Gasteiger partial charge on any atom is 0.197 e. The molecule has 0 saturated carbocycles. The van der Waals surface area contributed by atoms with Gasteiger partial charge >= 0.3 is 0 Å².